The first-order valence-electron chi connectivity index (χ1n) is 6.83. The van der Waals surface area contributed by atoms with E-state index in [1.807, 2.05) is 0 Å². The molecule has 17 heavy (non-hydrogen) atoms. The SMILES string of the molecule is CC(C)C(Br)C#C[Si](C(C)C)(C(C)C)C(C)C. The summed E-state index contributed by atoms with van der Waals surface area (Å²) < 4.78 is 0. The van der Waals surface area contributed by atoms with Crippen molar-refractivity contribution in [1.29, 1.82) is 0 Å². The van der Waals surface area contributed by atoms with Crippen molar-refractivity contribution in [2.45, 2.75) is 76.8 Å². The van der Waals surface area contributed by atoms with Crippen LogP contribution in [0.5, 0.6) is 0 Å². The maximum absolute atomic E-state index is 3.75. The number of rotatable bonds is 4. The molecule has 0 aromatic carbocycles. The Labute approximate surface area is 118 Å². The number of hydrogen-bond donors (Lipinski definition) is 0. The molecule has 0 spiro atoms. The molecule has 0 heterocycles. The molecule has 0 nitrogen and oxygen atoms in total. The summed E-state index contributed by atoms with van der Waals surface area (Å²) in [6.45, 7) is 18.6. The first kappa shape index (κ1) is 17.3. The van der Waals surface area contributed by atoms with Gasteiger partial charge in [-0.15, -0.1) is 5.54 Å². The maximum atomic E-state index is 3.75. The van der Waals surface area contributed by atoms with Gasteiger partial charge in [0.1, 0.15) is 8.07 Å². The van der Waals surface area contributed by atoms with Gasteiger partial charge in [-0.3, -0.25) is 0 Å². The van der Waals surface area contributed by atoms with E-state index >= 15 is 0 Å². The van der Waals surface area contributed by atoms with Gasteiger partial charge >= 0.3 is 0 Å². The van der Waals surface area contributed by atoms with Crippen LogP contribution in [0.15, 0.2) is 0 Å². The lowest BCUT2D eigenvalue weighted by Crippen LogP contribution is -2.43. The Hall–Kier alpha value is 0.257. The molecule has 0 aliphatic heterocycles. The molecule has 0 rings (SSSR count). The van der Waals surface area contributed by atoms with Crippen LogP contribution in [0.3, 0.4) is 0 Å². The van der Waals surface area contributed by atoms with Crippen molar-refractivity contribution >= 4 is 24.0 Å². The highest BCUT2D eigenvalue weighted by Gasteiger charge is 2.41. The van der Waals surface area contributed by atoms with Crippen LogP contribution in [0, 0.1) is 17.4 Å². The topological polar surface area (TPSA) is 0 Å². The average Bonchev–Trinajstić information content (AvgIpc) is 2.16. The van der Waals surface area contributed by atoms with Crippen molar-refractivity contribution in [2.75, 3.05) is 0 Å². The van der Waals surface area contributed by atoms with Gasteiger partial charge in [0.05, 0.1) is 4.83 Å². The van der Waals surface area contributed by atoms with E-state index in [0.29, 0.717) is 10.7 Å². The van der Waals surface area contributed by atoms with Crippen LogP contribution in [0.2, 0.25) is 16.6 Å². The second-order valence-electron chi connectivity index (χ2n) is 6.31. The van der Waals surface area contributed by atoms with E-state index in [1.165, 1.54) is 0 Å². The quantitative estimate of drug-likeness (QED) is 0.358. The molecule has 0 saturated heterocycles. The molecular formula is C15H29BrSi. The van der Waals surface area contributed by atoms with Crippen molar-refractivity contribution in [3.63, 3.8) is 0 Å². The fourth-order valence-electron chi connectivity index (χ4n) is 2.79. The molecule has 0 aromatic rings. The second kappa shape index (κ2) is 7.00. The van der Waals surface area contributed by atoms with Crippen molar-refractivity contribution in [3.8, 4) is 11.5 Å². The standard InChI is InChI=1S/C15H29BrSi/c1-11(2)15(16)9-10-17(12(3)4,13(5)6)14(7)8/h11-15H,1-8H3. The first-order chi connectivity index (χ1) is 7.66. The lowest BCUT2D eigenvalue weighted by atomic mass is 10.1. The third kappa shape index (κ3) is 4.14. The van der Waals surface area contributed by atoms with E-state index in [1.54, 1.807) is 0 Å². The average molecular weight is 317 g/mol. The Bertz CT molecular complexity index is 259. The van der Waals surface area contributed by atoms with Gasteiger partial charge in [0.25, 0.3) is 0 Å². The van der Waals surface area contributed by atoms with Crippen LogP contribution in [-0.2, 0) is 0 Å². The van der Waals surface area contributed by atoms with Gasteiger partial charge in [0.15, 0.2) is 0 Å². The number of hydrogen-bond acceptors (Lipinski definition) is 0. The highest BCUT2D eigenvalue weighted by molar-refractivity contribution is 9.09. The van der Waals surface area contributed by atoms with E-state index in [4.69, 9.17) is 0 Å². The molecule has 0 aliphatic carbocycles. The first-order valence-corrected chi connectivity index (χ1v) is 9.97. The predicted octanol–water partition coefficient (Wildman–Crippen LogP) is 5.63. The summed E-state index contributed by atoms with van der Waals surface area (Å²) in [5.74, 6) is 4.08. The summed E-state index contributed by atoms with van der Waals surface area (Å²) in [6, 6.07) is 0. The zero-order chi connectivity index (χ0) is 13.8. The zero-order valence-electron chi connectivity index (χ0n) is 12.8. The monoisotopic (exact) mass is 316 g/mol. The van der Waals surface area contributed by atoms with Crippen LogP contribution >= 0.6 is 15.9 Å². The van der Waals surface area contributed by atoms with Crippen LogP contribution in [0.25, 0.3) is 0 Å². The van der Waals surface area contributed by atoms with Crippen LogP contribution in [0.4, 0.5) is 0 Å². The van der Waals surface area contributed by atoms with Gasteiger partial charge in [-0.1, -0.05) is 77.2 Å². The van der Waals surface area contributed by atoms with Crippen LogP contribution < -0.4 is 0 Å². The van der Waals surface area contributed by atoms with Gasteiger partial charge in [-0.05, 0) is 22.5 Å². The van der Waals surface area contributed by atoms with Crippen molar-refractivity contribution in [2.24, 2.45) is 5.92 Å². The van der Waals surface area contributed by atoms with E-state index in [0.717, 1.165) is 16.6 Å². The Morgan fingerprint density at radius 1 is 0.765 bits per heavy atom. The van der Waals surface area contributed by atoms with Gasteiger partial charge < -0.3 is 0 Å². The molecule has 0 aliphatic rings. The molecule has 1 unspecified atom stereocenters. The minimum Gasteiger partial charge on any atom is -0.129 e. The third-order valence-corrected chi connectivity index (χ3v) is 11.5. The predicted molar refractivity (Wildman–Crippen MR) is 86.4 cm³/mol. The number of alkyl halides is 1. The molecular weight excluding hydrogens is 288 g/mol. The number of halogens is 1. The summed E-state index contributed by atoms with van der Waals surface area (Å²) in [6.07, 6.45) is 0. The fourth-order valence-corrected chi connectivity index (χ4v) is 8.39. The van der Waals surface area contributed by atoms with E-state index in [9.17, 15) is 0 Å². The largest absolute Gasteiger partial charge is 0.146 e. The molecule has 0 aromatic heterocycles. The fraction of sp³-hybridized carbons (Fsp3) is 0.867. The highest BCUT2D eigenvalue weighted by atomic mass is 79.9. The summed E-state index contributed by atoms with van der Waals surface area (Å²) in [5.41, 5.74) is 5.93. The smallest absolute Gasteiger partial charge is 0.129 e. The zero-order valence-corrected chi connectivity index (χ0v) is 15.4. The van der Waals surface area contributed by atoms with Crippen LogP contribution in [0.1, 0.15) is 55.4 Å². The molecule has 0 amide bonds. The van der Waals surface area contributed by atoms with Gasteiger partial charge in [-0.2, -0.15) is 0 Å². The molecule has 100 valence electrons. The normalized spacial score (nSPS) is 14.4. The van der Waals surface area contributed by atoms with Crippen molar-refractivity contribution < 1.29 is 0 Å². The van der Waals surface area contributed by atoms with Crippen molar-refractivity contribution in [1.82, 2.24) is 0 Å². The Morgan fingerprint density at radius 2 is 1.12 bits per heavy atom. The Balaban J connectivity index is 5.33. The second-order valence-corrected chi connectivity index (χ2v) is 12.9. The Kier molecular flexibility index (Phi) is 7.10. The lowest BCUT2D eigenvalue weighted by molar-refractivity contribution is 0.697. The summed E-state index contributed by atoms with van der Waals surface area (Å²) in [7, 11) is -1.53. The summed E-state index contributed by atoms with van der Waals surface area (Å²) in [5, 5.41) is 0. The Morgan fingerprint density at radius 3 is 1.35 bits per heavy atom. The van der Waals surface area contributed by atoms with E-state index in [-0.39, 0.29) is 0 Å². The van der Waals surface area contributed by atoms with Gasteiger partial charge in [0, 0.05) is 0 Å². The molecule has 0 fully saturated rings. The highest BCUT2D eigenvalue weighted by Crippen LogP contribution is 2.40. The third-order valence-electron chi connectivity index (χ3n) is 3.88. The minimum absolute atomic E-state index is 0.339. The summed E-state index contributed by atoms with van der Waals surface area (Å²) in [4.78, 5) is 0.339. The minimum atomic E-state index is -1.53. The molecule has 0 radical (unpaired) electrons. The summed E-state index contributed by atoms with van der Waals surface area (Å²) >= 11 is 3.69. The van der Waals surface area contributed by atoms with Crippen molar-refractivity contribution in [3.05, 3.63) is 0 Å². The van der Waals surface area contributed by atoms with Gasteiger partial charge in [-0.25, -0.2) is 0 Å². The maximum Gasteiger partial charge on any atom is 0.146 e. The molecule has 0 saturated carbocycles. The molecule has 0 N–H and O–H groups in total. The van der Waals surface area contributed by atoms with Gasteiger partial charge in [0.2, 0.25) is 0 Å². The van der Waals surface area contributed by atoms with E-state index in [2.05, 4.69) is 82.8 Å². The molecule has 2 heteroatoms. The lowest BCUT2D eigenvalue weighted by Gasteiger charge is -2.38. The molecule has 0 bridgehead atoms. The van der Waals surface area contributed by atoms with Crippen LogP contribution in [-0.4, -0.2) is 12.9 Å². The molecule has 1 atom stereocenters. The van der Waals surface area contributed by atoms with E-state index < -0.39 is 8.07 Å².